The molecule has 0 atom stereocenters. The molecule has 0 spiro atoms. The van der Waals surface area contributed by atoms with Crippen LogP contribution in [-0.2, 0) is 11.3 Å². The fourth-order valence-electron chi connectivity index (χ4n) is 2.95. The molecule has 5 nitrogen and oxygen atoms in total. The Hall–Kier alpha value is -2.92. The van der Waals surface area contributed by atoms with Gasteiger partial charge in [-0.1, -0.05) is 29.8 Å². The van der Waals surface area contributed by atoms with Gasteiger partial charge in [0, 0.05) is 17.5 Å². The molecule has 1 amide bonds. The molecule has 3 aromatic rings. The highest BCUT2D eigenvalue weighted by atomic mass is 35.5. The number of amides is 1. The Morgan fingerprint density at radius 3 is 2.76 bits per heavy atom. The van der Waals surface area contributed by atoms with E-state index in [0.717, 1.165) is 27.9 Å². The van der Waals surface area contributed by atoms with E-state index in [2.05, 4.69) is 10.2 Å². The van der Waals surface area contributed by atoms with Gasteiger partial charge >= 0.3 is 0 Å². The molecule has 0 bridgehead atoms. The van der Waals surface area contributed by atoms with Gasteiger partial charge in [-0.15, -0.1) is 10.2 Å². The van der Waals surface area contributed by atoms with Crippen LogP contribution in [0.5, 0.6) is 0 Å². The molecule has 2 heterocycles. The Morgan fingerprint density at radius 1 is 1.16 bits per heavy atom. The van der Waals surface area contributed by atoms with Crippen molar-refractivity contribution in [2.24, 2.45) is 0 Å². The van der Waals surface area contributed by atoms with Crippen LogP contribution in [0.1, 0.15) is 23.6 Å². The average Bonchev–Trinajstić information content (AvgIpc) is 3.11. The molecule has 0 fully saturated rings. The lowest BCUT2D eigenvalue weighted by atomic mass is 9.99. The van der Waals surface area contributed by atoms with Gasteiger partial charge in [0.15, 0.2) is 0 Å². The average molecular weight is 352 g/mol. The van der Waals surface area contributed by atoms with Gasteiger partial charge in [0.25, 0.3) is 0 Å². The summed E-state index contributed by atoms with van der Waals surface area (Å²) in [6, 6.07) is 11.4. The molecule has 1 aliphatic rings. The Balaban J connectivity index is 1.86. The van der Waals surface area contributed by atoms with Crippen LogP contribution in [0.3, 0.4) is 0 Å². The predicted octanol–water partition coefficient (Wildman–Crippen LogP) is 4.43. The zero-order valence-corrected chi connectivity index (χ0v) is 14.2. The van der Waals surface area contributed by atoms with Crippen LogP contribution in [0.15, 0.2) is 47.2 Å². The highest BCUT2D eigenvalue weighted by molar-refractivity contribution is 6.30. The quantitative estimate of drug-likeness (QED) is 0.651. The van der Waals surface area contributed by atoms with Crippen LogP contribution < -0.4 is 4.90 Å². The van der Waals surface area contributed by atoms with E-state index >= 15 is 0 Å². The van der Waals surface area contributed by atoms with Crippen LogP contribution in [0.4, 0.5) is 5.69 Å². The normalized spacial score (nSPS) is 14.2. The summed E-state index contributed by atoms with van der Waals surface area (Å²) < 4.78 is 5.27. The second-order valence-corrected chi connectivity index (χ2v) is 6.24. The van der Waals surface area contributed by atoms with E-state index in [1.807, 2.05) is 42.5 Å². The lowest BCUT2D eigenvalue weighted by Crippen LogP contribution is -2.29. The minimum absolute atomic E-state index is 0.0224. The molecule has 2 aromatic carbocycles. The minimum atomic E-state index is -0.0224. The van der Waals surface area contributed by atoms with Crippen LogP contribution >= 0.6 is 11.6 Å². The largest absolute Gasteiger partial charge is 0.423 e. The van der Waals surface area contributed by atoms with Crippen molar-refractivity contribution in [2.45, 2.75) is 13.5 Å². The highest BCUT2D eigenvalue weighted by Gasteiger charge is 2.19. The maximum atomic E-state index is 12.2. The molecule has 0 N–H and O–H groups in total. The van der Waals surface area contributed by atoms with E-state index in [-0.39, 0.29) is 5.91 Å². The lowest BCUT2D eigenvalue weighted by molar-refractivity contribution is -0.116. The predicted molar refractivity (Wildman–Crippen MR) is 97.0 cm³/mol. The molecule has 0 aliphatic carbocycles. The number of carbonyl (C=O) groups excluding carboxylic acids is 1. The molecule has 25 heavy (non-hydrogen) atoms. The number of benzene rings is 2. The van der Waals surface area contributed by atoms with Crippen molar-refractivity contribution in [3.63, 3.8) is 0 Å². The summed E-state index contributed by atoms with van der Waals surface area (Å²) in [6.07, 6.45) is 5.28. The van der Waals surface area contributed by atoms with Gasteiger partial charge in [-0.3, -0.25) is 4.79 Å². The number of anilines is 1. The Labute approximate surface area is 149 Å². The molecule has 1 aliphatic heterocycles. The van der Waals surface area contributed by atoms with Crippen molar-refractivity contribution in [1.82, 2.24) is 10.2 Å². The fourth-order valence-corrected chi connectivity index (χ4v) is 3.13. The van der Waals surface area contributed by atoms with E-state index in [1.165, 1.54) is 6.39 Å². The molecule has 0 radical (unpaired) electrons. The number of aromatic nitrogens is 2. The Bertz CT molecular complexity index is 980. The summed E-state index contributed by atoms with van der Waals surface area (Å²) in [5.41, 5.74) is 4.61. The molecular weight excluding hydrogens is 338 g/mol. The first-order chi connectivity index (χ1) is 12.1. The summed E-state index contributed by atoms with van der Waals surface area (Å²) >= 11 is 6.13. The van der Waals surface area contributed by atoms with Crippen LogP contribution in [0, 0.1) is 0 Å². The van der Waals surface area contributed by atoms with Crippen LogP contribution in [0.25, 0.3) is 23.6 Å². The van der Waals surface area contributed by atoms with Gasteiger partial charge < -0.3 is 9.32 Å². The highest BCUT2D eigenvalue weighted by Crippen LogP contribution is 2.32. The summed E-state index contributed by atoms with van der Waals surface area (Å²) in [4.78, 5) is 14.0. The summed E-state index contributed by atoms with van der Waals surface area (Å²) in [7, 11) is 0. The first-order valence-electron chi connectivity index (χ1n) is 7.77. The number of hydrogen-bond donors (Lipinski definition) is 0. The second-order valence-electron chi connectivity index (χ2n) is 5.80. The van der Waals surface area contributed by atoms with Crippen molar-refractivity contribution >= 4 is 35.3 Å². The molecule has 1 aromatic heterocycles. The van der Waals surface area contributed by atoms with Gasteiger partial charge in [0.1, 0.15) is 0 Å². The second kappa shape index (κ2) is 6.18. The monoisotopic (exact) mass is 351 g/mol. The van der Waals surface area contributed by atoms with Crippen molar-refractivity contribution in [1.29, 1.82) is 0 Å². The van der Waals surface area contributed by atoms with Gasteiger partial charge in [0.2, 0.25) is 18.2 Å². The smallest absolute Gasteiger partial charge is 0.247 e. The number of carbonyl (C=O) groups is 1. The van der Waals surface area contributed by atoms with Gasteiger partial charge in [-0.05, 0) is 47.0 Å². The number of hydrogen-bond acceptors (Lipinski definition) is 4. The van der Waals surface area contributed by atoms with E-state index in [1.54, 1.807) is 17.9 Å². The molecule has 6 heteroatoms. The van der Waals surface area contributed by atoms with Gasteiger partial charge in [0.05, 0.1) is 12.2 Å². The van der Waals surface area contributed by atoms with Crippen molar-refractivity contribution < 1.29 is 9.21 Å². The van der Waals surface area contributed by atoms with Crippen LogP contribution in [-0.4, -0.2) is 16.1 Å². The number of nitrogens with zero attached hydrogens (tertiary/aromatic N) is 3. The minimum Gasteiger partial charge on any atom is -0.423 e. The van der Waals surface area contributed by atoms with E-state index in [4.69, 9.17) is 16.0 Å². The third kappa shape index (κ3) is 2.94. The first kappa shape index (κ1) is 15.6. The Morgan fingerprint density at radius 2 is 2.00 bits per heavy atom. The zero-order valence-electron chi connectivity index (χ0n) is 13.4. The van der Waals surface area contributed by atoms with Crippen LogP contribution in [0.2, 0.25) is 5.02 Å². The maximum absolute atomic E-state index is 12.2. The van der Waals surface area contributed by atoms with Crippen molar-refractivity contribution in [2.75, 3.05) is 4.90 Å². The molecule has 0 unspecified atom stereocenters. The summed E-state index contributed by atoms with van der Waals surface area (Å²) in [6.45, 7) is 2.05. The summed E-state index contributed by atoms with van der Waals surface area (Å²) in [5.74, 6) is 0.441. The molecule has 4 rings (SSSR count). The number of rotatable bonds is 1. The SMILES string of the molecule is CC(=O)N1Cc2ccc(-c3nnco3)cc2/C=C\c2cc(Cl)ccc21. The van der Waals surface area contributed by atoms with E-state index < -0.39 is 0 Å². The van der Waals surface area contributed by atoms with Crippen molar-refractivity contribution in [3.8, 4) is 11.5 Å². The number of fused-ring (bicyclic) bond motifs is 2. The molecule has 0 saturated heterocycles. The molecule has 0 saturated carbocycles. The third-order valence-electron chi connectivity index (χ3n) is 4.18. The first-order valence-corrected chi connectivity index (χ1v) is 8.15. The summed E-state index contributed by atoms with van der Waals surface area (Å²) in [5, 5.41) is 8.29. The lowest BCUT2D eigenvalue weighted by Gasteiger charge is -2.26. The fraction of sp³-hybridized carbons (Fsp3) is 0.105. The van der Waals surface area contributed by atoms with E-state index in [0.29, 0.717) is 17.5 Å². The topological polar surface area (TPSA) is 59.2 Å². The maximum Gasteiger partial charge on any atom is 0.247 e. The van der Waals surface area contributed by atoms with Gasteiger partial charge in [-0.2, -0.15) is 0 Å². The zero-order chi connectivity index (χ0) is 17.4. The Kier molecular flexibility index (Phi) is 3.86. The molecule has 124 valence electrons. The third-order valence-corrected chi connectivity index (χ3v) is 4.42. The molecular formula is C19H14ClN3O2. The number of halogens is 1. The standard InChI is InChI=1S/C19H14ClN3O2/c1-12(24)23-10-16-5-4-15(19-22-21-11-25-19)8-13(16)2-3-14-9-17(20)6-7-18(14)23/h2-9,11H,10H2,1H3/b3-2-. The van der Waals surface area contributed by atoms with E-state index in [9.17, 15) is 4.79 Å². The van der Waals surface area contributed by atoms with Gasteiger partial charge in [-0.25, -0.2) is 0 Å². The van der Waals surface area contributed by atoms with Crippen molar-refractivity contribution in [3.05, 3.63) is 64.5 Å².